The Balaban J connectivity index is 2.10. The number of aryl methyl sites for hydroxylation is 2. The Morgan fingerprint density at radius 1 is 1.22 bits per heavy atom. The molecule has 2 aromatic carbocycles. The number of anilines is 1. The lowest BCUT2D eigenvalue weighted by atomic mass is 10.1. The quantitative estimate of drug-likeness (QED) is 0.456. The van der Waals surface area contributed by atoms with Gasteiger partial charge in [-0.15, -0.1) is 0 Å². The van der Waals surface area contributed by atoms with E-state index in [1.807, 2.05) is 0 Å². The Morgan fingerprint density at radius 2 is 1.93 bits per heavy atom. The number of nitrogens with zero attached hydrogens (tertiary/aromatic N) is 1. The monoisotopic (exact) mass is 392 g/mol. The molecule has 0 atom stereocenters. The van der Waals surface area contributed by atoms with Gasteiger partial charge in [-0.05, 0) is 31.0 Å². The van der Waals surface area contributed by atoms with Crippen molar-refractivity contribution >= 4 is 34.9 Å². The molecule has 0 spiro atoms. The van der Waals surface area contributed by atoms with Crippen molar-refractivity contribution in [1.29, 1.82) is 0 Å². The highest BCUT2D eigenvalue weighted by Crippen LogP contribution is 2.31. The largest absolute Gasteiger partial charge is 0.495 e. The molecule has 0 aliphatic heterocycles. The molecule has 0 radical (unpaired) electrons. The van der Waals surface area contributed by atoms with Crippen LogP contribution in [-0.4, -0.2) is 30.5 Å². The third-order valence-electron chi connectivity index (χ3n) is 3.74. The molecule has 0 fully saturated rings. The van der Waals surface area contributed by atoms with Crippen LogP contribution in [0.4, 0.5) is 11.4 Å². The first-order chi connectivity index (χ1) is 12.7. The molecule has 2 rings (SSSR count). The number of rotatable bonds is 6. The van der Waals surface area contributed by atoms with Crippen LogP contribution in [0.3, 0.4) is 0 Å². The van der Waals surface area contributed by atoms with Crippen LogP contribution in [0.1, 0.15) is 21.5 Å². The predicted octanol–water partition coefficient (Wildman–Crippen LogP) is 3.67. The second-order valence-corrected chi connectivity index (χ2v) is 6.06. The van der Waals surface area contributed by atoms with Crippen molar-refractivity contribution in [2.75, 3.05) is 19.0 Å². The van der Waals surface area contributed by atoms with Crippen molar-refractivity contribution < 1.29 is 24.0 Å². The molecule has 142 valence electrons. The van der Waals surface area contributed by atoms with Crippen molar-refractivity contribution in [3.63, 3.8) is 0 Å². The zero-order valence-electron chi connectivity index (χ0n) is 14.9. The number of nitro groups is 1. The van der Waals surface area contributed by atoms with E-state index in [1.165, 1.54) is 19.2 Å². The number of carbonyl (C=O) groups is 2. The lowest BCUT2D eigenvalue weighted by molar-refractivity contribution is -0.385. The maximum atomic E-state index is 12.2. The average Bonchev–Trinajstić information content (AvgIpc) is 2.62. The molecule has 9 heteroatoms. The Bertz CT molecular complexity index is 913. The van der Waals surface area contributed by atoms with E-state index in [0.717, 1.165) is 5.56 Å². The number of esters is 1. The highest BCUT2D eigenvalue weighted by molar-refractivity contribution is 6.31. The van der Waals surface area contributed by atoms with Crippen molar-refractivity contribution in [3.05, 3.63) is 62.2 Å². The predicted molar refractivity (Wildman–Crippen MR) is 99.5 cm³/mol. The smallest absolute Gasteiger partial charge is 0.345 e. The second-order valence-electron chi connectivity index (χ2n) is 5.65. The Morgan fingerprint density at radius 3 is 2.56 bits per heavy atom. The summed E-state index contributed by atoms with van der Waals surface area (Å²) in [7, 11) is 1.42. The van der Waals surface area contributed by atoms with E-state index in [2.05, 4.69) is 5.32 Å². The molecule has 27 heavy (non-hydrogen) atoms. The van der Waals surface area contributed by atoms with Crippen LogP contribution in [0.2, 0.25) is 5.02 Å². The van der Waals surface area contributed by atoms with Crippen LogP contribution >= 0.6 is 11.6 Å². The number of nitro benzene ring substituents is 1. The number of amides is 1. The molecule has 0 saturated carbocycles. The van der Waals surface area contributed by atoms with Gasteiger partial charge in [-0.1, -0.05) is 23.7 Å². The van der Waals surface area contributed by atoms with Crippen LogP contribution in [0.5, 0.6) is 5.75 Å². The molecule has 0 saturated heterocycles. The van der Waals surface area contributed by atoms with Crippen LogP contribution in [0, 0.1) is 24.0 Å². The summed E-state index contributed by atoms with van der Waals surface area (Å²) >= 11 is 6.01. The summed E-state index contributed by atoms with van der Waals surface area (Å²) in [4.78, 5) is 34.7. The van der Waals surface area contributed by atoms with E-state index in [9.17, 15) is 19.7 Å². The summed E-state index contributed by atoms with van der Waals surface area (Å²) in [6.45, 7) is 2.69. The van der Waals surface area contributed by atoms with E-state index in [1.54, 1.807) is 32.0 Å². The topological polar surface area (TPSA) is 108 Å². The summed E-state index contributed by atoms with van der Waals surface area (Å²) in [6, 6.07) is 7.38. The number of ether oxygens (including phenoxy) is 2. The maximum Gasteiger partial charge on any atom is 0.345 e. The molecule has 1 N–H and O–H groups in total. The zero-order chi connectivity index (χ0) is 20.1. The fourth-order valence-electron chi connectivity index (χ4n) is 2.39. The van der Waals surface area contributed by atoms with Gasteiger partial charge in [0.15, 0.2) is 6.61 Å². The minimum absolute atomic E-state index is 0.185. The summed E-state index contributed by atoms with van der Waals surface area (Å²) in [5.74, 6) is -1.23. The van der Waals surface area contributed by atoms with E-state index in [4.69, 9.17) is 21.1 Å². The lowest BCUT2D eigenvalue weighted by Gasteiger charge is -2.12. The van der Waals surface area contributed by atoms with Gasteiger partial charge in [0.1, 0.15) is 11.3 Å². The van der Waals surface area contributed by atoms with Crippen LogP contribution in [-0.2, 0) is 9.53 Å². The van der Waals surface area contributed by atoms with E-state index < -0.39 is 23.4 Å². The number of methoxy groups -OCH3 is 1. The van der Waals surface area contributed by atoms with Crippen molar-refractivity contribution in [1.82, 2.24) is 0 Å². The first-order valence-electron chi connectivity index (χ1n) is 7.79. The lowest BCUT2D eigenvalue weighted by Crippen LogP contribution is -2.22. The molecule has 1 amide bonds. The summed E-state index contributed by atoms with van der Waals surface area (Å²) in [6.07, 6.45) is 0. The summed E-state index contributed by atoms with van der Waals surface area (Å²) < 4.78 is 10.1. The van der Waals surface area contributed by atoms with Gasteiger partial charge in [0.25, 0.3) is 11.6 Å². The molecule has 2 aromatic rings. The van der Waals surface area contributed by atoms with Crippen molar-refractivity contribution in [2.24, 2.45) is 0 Å². The number of nitrogens with one attached hydrogen (secondary N) is 1. The van der Waals surface area contributed by atoms with Gasteiger partial charge in [0, 0.05) is 17.2 Å². The van der Waals surface area contributed by atoms with Gasteiger partial charge in [-0.25, -0.2) is 4.79 Å². The van der Waals surface area contributed by atoms with Crippen molar-refractivity contribution in [3.8, 4) is 5.75 Å². The Labute approximate surface area is 160 Å². The van der Waals surface area contributed by atoms with Gasteiger partial charge < -0.3 is 14.8 Å². The molecule has 0 unspecified atom stereocenters. The van der Waals surface area contributed by atoms with Crippen LogP contribution < -0.4 is 10.1 Å². The molecule has 0 aliphatic carbocycles. The molecule has 0 bridgehead atoms. The number of hydrogen-bond acceptors (Lipinski definition) is 6. The first kappa shape index (κ1) is 20.2. The minimum Gasteiger partial charge on any atom is -0.495 e. The number of hydrogen-bond donors (Lipinski definition) is 1. The average molecular weight is 393 g/mol. The van der Waals surface area contributed by atoms with E-state index >= 15 is 0 Å². The third kappa shape index (κ3) is 4.73. The zero-order valence-corrected chi connectivity index (χ0v) is 15.6. The van der Waals surface area contributed by atoms with Gasteiger partial charge in [-0.2, -0.15) is 0 Å². The first-order valence-corrected chi connectivity index (χ1v) is 8.17. The fourth-order valence-corrected chi connectivity index (χ4v) is 2.54. The van der Waals surface area contributed by atoms with Gasteiger partial charge in [0.05, 0.1) is 17.7 Å². The molecule has 0 heterocycles. The number of benzene rings is 2. The van der Waals surface area contributed by atoms with Gasteiger partial charge in [0.2, 0.25) is 0 Å². The molecular formula is C18H17ClN2O6. The second kappa shape index (κ2) is 8.50. The van der Waals surface area contributed by atoms with E-state index in [0.29, 0.717) is 22.0 Å². The summed E-state index contributed by atoms with van der Waals surface area (Å²) in [5, 5.41) is 14.1. The fraction of sp³-hybridized carbons (Fsp3) is 0.222. The maximum absolute atomic E-state index is 12.2. The normalized spacial score (nSPS) is 10.2. The standard InChI is InChI=1S/C18H17ClN2O6/c1-10-5-4-6-14(21(24)25)17(10)18(23)27-9-16(22)20-13-7-11(2)12(19)8-15(13)26-3/h4-8H,9H2,1-3H3,(H,20,22). The Hall–Kier alpha value is -3.13. The summed E-state index contributed by atoms with van der Waals surface area (Å²) in [5.41, 5.74) is 0.901. The highest BCUT2D eigenvalue weighted by Gasteiger charge is 2.24. The van der Waals surface area contributed by atoms with Gasteiger partial charge >= 0.3 is 5.97 Å². The van der Waals surface area contributed by atoms with E-state index in [-0.39, 0.29) is 11.3 Å². The minimum atomic E-state index is -0.950. The van der Waals surface area contributed by atoms with Crippen LogP contribution in [0.25, 0.3) is 0 Å². The SMILES string of the molecule is COc1cc(Cl)c(C)cc1NC(=O)COC(=O)c1c(C)cccc1[N+](=O)[O-]. The molecule has 8 nitrogen and oxygen atoms in total. The van der Waals surface area contributed by atoms with Crippen molar-refractivity contribution in [2.45, 2.75) is 13.8 Å². The number of halogens is 1. The third-order valence-corrected chi connectivity index (χ3v) is 4.15. The Kier molecular flexibility index (Phi) is 6.36. The molecule has 0 aliphatic rings. The van der Waals surface area contributed by atoms with Crippen LogP contribution in [0.15, 0.2) is 30.3 Å². The highest BCUT2D eigenvalue weighted by atomic mass is 35.5. The van der Waals surface area contributed by atoms with Gasteiger partial charge in [-0.3, -0.25) is 14.9 Å². The molecular weight excluding hydrogens is 376 g/mol. The number of carbonyl (C=O) groups excluding carboxylic acids is 2. The molecule has 0 aromatic heterocycles.